The van der Waals surface area contributed by atoms with Crippen LogP contribution in [0, 0.1) is 0 Å². The van der Waals surface area contributed by atoms with Crippen LogP contribution in [0.3, 0.4) is 0 Å². The first-order valence-corrected chi connectivity index (χ1v) is 10.5. The third-order valence-electron chi connectivity index (χ3n) is 5.26. The minimum atomic E-state index is -0.272. The molecule has 0 atom stereocenters. The van der Waals surface area contributed by atoms with Crippen molar-refractivity contribution in [3.63, 3.8) is 0 Å². The molecule has 0 saturated carbocycles. The van der Waals surface area contributed by atoms with Gasteiger partial charge in [0, 0.05) is 25.3 Å². The maximum atomic E-state index is 13.4. The minimum absolute atomic E-state index is 0.0673. The summed E-state index contributed by atoms with van der Waals surface area (Å²) >= 11 is 0. The van der Waals surface area contributed by atoms with E-state index in [-0.39, 0.29) is 11.6 Å². The van der Waals surface area contributed by atoms with Crippen molar-refractivity contribution in [2.75, 3.05) is 19.0 Å². The zero-order chi connectivity index (χ0) is 22.8. The fraction of sp³-hybridized carbons (Fsp3) is 0.0769. The van der Waals surface area contributed by atoms with E-state index in [1.165, 1.54) is 4.57 Å². The van der Waals surface area contributed by atoms with Crippen molar-refractivity contribution in [2.45, 2.75) is 0 Å². The lowest BCUT2D eigenvalue weighted by Gasteiger charge is -2.11. The Hall–Kier alpha value is -4.52. The van der Waals surface area contributed by atoms with Crippen LogP contribution < -0.4 is 10.5 Å². The monoisotopic (exact) mass is 435 g/mol. The average Bonchev–Trinajstić information content (AvgIpc) is 3.33. The number of rotatable bonds is 5. The minimum Gasteiger partial charge on any atom is -0.403 e. The van der Waals surface area contributed by atoms with E-state index in [1.54, 1.807) is 18.2 Å². The number of hydrogen-bond acceptors (Lipinski definition) is 6. The normalized spacial score (nSPS) is 11.3. The molecule has 0 amide bonds. The van der Waals surface area contributed by atoms with Crippen molar-refractivity contribution in [1.29, 1.82) is 0 Å². The van der Waals surface area contributed by atoms with Gasteiger partial charge in [0.15, 0.2) is 0 Å². The Bertz CT molecular complexity index is 1500. The van der Waals surface area contributed by atoms with Crippen LogP contribution in [0.15, 0.2) is 88.1 Å². The predicted octanol–water partition coefficient (Wildman–Crippen LogP) is 4.67. The molecule has 0 radical (unpaired) electrons. The fourth-order valence-corrected chi connectivity index (χ4v) is 3.51. The molecule has 5 rings (SSSR count). The Balaban J connectivity index is 1.62. The zero-order valence-corrected chi connectivity index (χ0v) is 18.2. The average molecular weight is 435 g/mol. The molecule has 0 aliphatic rings. The topological polar surface area (TPSA) is 77.1 Å². The molecule has 5 aromatic rings. The van der Waals surface area contributed by atoms with Crippen LogP contribution in [-0.2, 0) is 0 Å². The number of para-hydroxylation sites is 1. The van der Waals surface area contributed by atoms with Crippen LogP contribution >= 0.6 is 0 Å². The summed E-state index contributed by atoms with van der Waals surface area (Å²) in [6.45, 7) is 0. The molecule has 0 spiro atoms. The largest absolute Gasteiger partial charge is 0.403 e. The van der Waals surface area contributed by atoms with E-state index >= 15 is 0 Å². The van der Waals surface area contributed by atoms with E-state index in [2.05, 4.69) is 15.2 Å². The number of hydrogen-bond donors (Lipinski definition) is 0. The van der Waals surface area contributed by atoms with Gasteiger partial charge in [0.2, 0.25) is 5.89 Å². The number of fused-ring (bicyclic) bond motifs is 1. The van der Waals surface area contributed by atoms with E-state index in [1.807, 2.05) is 91.8 Å². The molecule has 7 heteroatoms. The van der Waals surface area contributed by atoms with Crippen LogP contribution in [0.25, 0.3) is 40.5 Å². The number of aromatic nitrogens is 4. The molecule has 2 heterocycles. The highest BCUT2D eigenvalue weighted by atomic mass is 16.4. The Labute approximate surface area is 190 Å². The molecule has 33 heavy (non-hydrogen) atoms. The second kappa shape index (κ2) is 8.55. The van der Waals surface area contributed by atoms with Crippen molar-refractivity contribution in [3.05, 3.63) is 101 Å². The highest BCUT2D eigenvalue weighted by Crippen LogP contribution is 2.23. The van der Waals surface area contributed by atoms with E-state index in [0.29, 0.717) is 22.6 Å². The summed E-state index contributed by atoms with van der Waals surface area (Å²) in [7, 11) is 3.95. The second-order valence-electron chi connectivity index (χ2n) is 7.70. The zero-order valence-electron chi connectivity index (χ0n) is 18.2. The summed E-state index contributed by atoms with van der Waals surface area (Å²) in [5.74, 6) is 0.731. The number of benzene rings is 3. The van der Waals surface area contributed by atoms with Gasteiger partial charge in [-0.1, -0.05) is 53.6 Å². The van der Waals surface area contributed by atoms with Crippen LogP contribution in [-0.4, -0.2) is 33.8 Å². The number of nitrogens with zero attached hydrogens (tertiary/aromatic N) is 5. The van der Waals surface area contributed by atoms with Gasteiger partial charge in [-0.2, -0.15) is 0 Å². The Morgan fingerprint density at radius 1 is 0.848 bits per heavy atom. The first-order chi connectivity index (χ1) is 16.1. The molecule has 0 fully saturated rings. The van der Waals surface area contributed by atoms with Gasteiger partial charge >= 0.3 is 6.01 Å². The summed E-state index contributed by atoms with van der Waals surface area (Å²) < 4.78 is 7.29. The maximum absolute atomic E-state index is 13.4. The Morgan fingerprint density at radius 2 is 1.58 bits per heavy atom. The summed E-state index contributed by atoms with van der Waals surface area (Å²) in [5.41, 5.74) is 3.14. The van der Waals surface area contributed by atoms with Gasteiger partial charge in [0.05, 0.1) is 10.9 Å². The molecule has 0 unspecified atom stereocenters. The molecule has 3 aromatic carbocycles. The van der Waals surface area contributed by atoms with E-state index in [0.717, 1.165) is 16.8 Å². The lowest BCUT2D eigenvalue weighted by Crippen LogP contribution is -2.22. The molecule has 0 saturated heterocycles. The second-order valence-corrected chi connectivity index (χ2v) is 7.70. The standard InChI is InChI=1S/C26H21N5O2/c1-30(2)20-15-13-19(14-16-20)24-28-29-26(33-24)31-23(17-12-18-8-4-3-5-9-18)27-22-11-7-6-10-21(22)25(31)32/h3-17H,1-2H3/b17-12+. The van der Waals surface area contributed by atoms with Gasteiger partial charge in [-0.25, -0.2) is 9.55 Å². The van der Waals surface area contributed by atoms with E-state index in [9.17, 15) is 4.79 Å². The van der Waals surface area contributed by atoms with Crippen LogP contribution in [0.4, 0.5) is 5.69 Å². The van der Waals surface area contributed by atoms with E-state index < -0.39 is 0 Å². The Morgan fingerprint density at radius 3 is 2.33 bits per heavy atom. The molecule has 0 N–H and O–H groups in total. The van der Waals surface area contributed by atoms with Crippen LogP contribution in [0.2, 0.25) is 0 Å². The van der Waals surface area contributed by atoms with Gasteiger partial charge in [0.25, 0.3) is 5.56 Å². The first kappa shape index (κ1) is 20.4. The van der Waals surface area contributed by atoms with Gasteiger partial charge in [0.1, 0.15) is 5.82 Å². The fourth-order valence-electron chi connectivity index (χ4n) is 3.51. The van der Waals surface area contributed by atoms with Gasteiger partial charge in [-0.3, -0.25) is 4.79 Å². The van der Waals surface area contributed by atoms with Crippen LogP contribution in [0.1, 0.15) is 11.4 Å². The summed E-state index contributed by atoms with van der Waals surface area (Å²) in [5, 5.41) is 8.82. The smallest absolute Gasteiger partial charge is 0.331 e. The molecular weight excluding hydrogens is 414 g/mol. The van der Waals surface area contributed by atoms with Crippen molar-refractivity contribution >= 4 is 28.7 Å². The van der Waals surface area contributed by atoms with Gasteiger partial charge in [-0.05, 0) is 48.0 Å². The van der Waals surface area contributed by atoms with Crippen molar-refractivity contribution in [1.82, 2.24) is 19.7 Å². The predicted molar refractivity (Wildman–Crippen MR) is 130 cm³/mol. The molecular formula is C26H21N5O2. The molecule has 0 aliphatic carbocycles. The SMILES string of the molecule is CN(C)c1ccc(-c2nnc(-n3c(/C=C/c4ccccc4)nc4ccccc4c3=O)o2)cc1. The molecule has 0 bridgehead atoms. The maximum Gasteiger partial charge on any atom is 0.331 e. The lowest BCUT2D eigenvalue weighted by atomic mass is 10.2. The summed E-state index contributed by atoms with van der Waals surface area (Å²) in [4.78, 5) is 20.1. The van der Waals surface area contributed by atoms with Crippen molar-refractivity contribution < 1.29 is 4.42 Å². The molecule has 0 aliphatic heterocycles. The van der Waals surface area contributed by atoms with E-state index in [4.69, 9.17) is 4.42 Å². The molecule has 2 aromatic heterocycles. The lowest BCUT2D eigenvalue weighted by molar-refractivity contribution is 0.530. The highest BCUT2D eigenvalue weighted by molar-refractivity contribution is 5.79. The summed E-state index contributed by atoms with van der Waals surface area (Å²) in [6, 6.07) is 24.8. The Kier molecular flexibility index (Phi) is 5.28. The first-order valence-electron chi connectivity index (χ1n) is 10.5. The van der Waals surface area contributed by atoms with Crippen molar-refractivity contribution in [3.8, 4) is 17.5 Å². The van der Waals surface area contributed by atoms with Gasteiger partial charge < -0.3 is 9.32 Å². The van der Waals surface area contributed by atoms with Gasteiger partial charge in [-0.15, -0.1) is 5.10 Å². The quantitative estimate of drug-likeness (QED) is 0.399. The molecule has 162 valence electrons. The summed E-state index contributed by atoms with van der Waals surface area (Å²) in [6.07, 6.45) is 3.67. The van der Waals surface area contributed by atoms with Crippen LogP contribution in [0.5, 0.6) is 0 Å². The third-order valence-corrected chi connectivity index (χ3v) is 5.26. The van der Waals surface area contributed by atoms with Crippen molar-refractivity contribution in [2.24, 2.45) is 0 Å². The molecule has 7 nitrogen and oxygen atoms in total. The highest BCUT2D eigenvalue weighted by Gasteiger charge is 2.17. The number of anilines is 1. The third kappa shape index (κ3) is 4.04.